The molecule has 0 saturated heterocycles. The van der Waals surface area contributed by atoms with Crippen molar-refractivity contribution in [3.05, 3.63) is 60.9 Å². The van der Waals surface area contributed by atoms with Gasteiger partial charge in [0.15, 0.2) is 0 Å². The molecule has 2 radical (unpaired) electrons. The summed E-state index contributed by atoms with van der Waals surface area (Å²) in [4.78, 5) is 4.24. The summed E-state index contributed by atoms with van der Waals surface area (Å²) in [6, 6.07) is 16.7. The van der Waals surface area contributed by atoms with Crippen molar-refractivity contribution in [1.82, 2.24) is 4.98 Å². The van der Waals surface area contributed by atoms with Gasteiger partial charge in [0.2, 0.25) is 0 Å². The van der Waals surface area contributed by atoms with Crippen LogP contribution in [0, 0.1) is 0 Å². The van der Waals surface area contributed by atoms with E-state index >= 15 is 0 Å². The molecule has 0 bridgehead atoms. The Morgan fingerprint density at radius 3 is 2.32 bits per heavy atom. The van der Waals surface area contributed by atoms with Crippen molar-refractivity contribution in [3.63, 3.8) is 0 Å². The highest BCUT2D eigenvalue weighted by atomic mass is 14.6. The van der Waals surface area contributed by atoms with Gasteiger partial charge < -0.3 is 0 Å². The minimum Gasteiger partial charge on any atom is -0.264 e. The van der Waals surface area contributed by atoms with Crippen molar-refractivity contribution in [2.24, 2.45) is 0 Å². The molecule has 1 heterocycles. The summed E-state index contributed by atoms with van der Waals surface area (Å²) >= 11 is 0. The lowest BCUT2D eigenvalue weighted by atomic mass is 9.91. The highest BCUT2D eigenvalue weighted by Crippen LogP contribution is 2.30. The molecule has 86 valence electrons. The Balaban J connectivity index is 2.26. The van der Waals surface area contributed by atoms with Crippen LogP contribution in [-0.2, 0) is 0 Å². The minimum atomic E-state index is 0.800. The van der Waals surface area contributed by atoms with E-state index in [0.29, 0.717) is 0 Å². The molecule has 4 aromatic rings. The smallest absolute Gasteiger partial charge is 0.113 e. The number of rotatable bonds is 0. The second-order valence-electron chi connectivity index (χ2n) is 4.80. The molecule has 0 fully saturated rings. The van der Waals surface area contributed by atoms with Gasteiger partial charge in [-0.25, -0.2) is 0 Å². The van der Waals surface area contributed by atoms with Gasteiger partial charge in [-0.05, 0) is 33.0 Å². The zero-order valence-electron chi connectivity index (χ0n) is 10.3. The predicted octanol–water partition coefficient (Wildman–Crippen LogP) is 3.34. The van der Waals surface area contributed by atoms with Crippen LogP contribution in [0.5, 0.6) is 0 Å². The number of pyridine rings is 1. The Labute approximate surface area is 112 Å². The Bertz CT molecular complexity index is 928. The maximum atomic E-state index is 5.85. The Morgan fingerprint density at radius 2 is 1.42 bits per heavy atom. The van der Waals surface area contributed by atoms with Crippen molar-refractivity contribution >= 4 is 45.6 Å². The maximum absolute atomic E-state index is 5.85. The summed E-state index contributed by atoms with van der Waals surface area (Å²) in [5.41, 5.74) is 0.800. The maximum Gasteiger partial charge on any atom is 0.113 e. The molecule has 1 nitrogen and oxygen atoms in total. The van der Waals surface area contributed by atoms with E-state index in [1.807, 2.05) is 30.6 Å². The normalized spacial score (nSPS) is 11.4. The molecule has 0 aliphatic heterocycles. The minimum absolute atomic E-state index is 0.800. The van der Waals surface area contributed by atoms with E-state index in [0.717, 1.165) is 5.46 Å². The molecule has 2 heteroatoms. The summed E-state index contributed by atoms with van der Waals surface area (Å²) in [6.45, 7) is 0. The van der Waals surface area contributed by atoms with Gasteiger partial charge >= 0.3 is 0 Å². The van der Waals surface area contributed by atoms with Crippen LogP contribution in [0.25, 0.3) is 32.3 Å². The molecule has 0 saturated carbocycles. The first-order valence-corrected chi connectivity index (χ1v) is 6.28. The van der Waals surface area contributed by atoms with Crippen LogP contribution < -0.4 is 5.46 Å². The van der Waals surface area contributed by atoms with E-state index in [-0.39, 0.29) is 0 Å². The molecule has 1 aromatic heterocycles. The third-order valence-corrected chi connectivity index (χ3v) is 3.66. The van der Waals surface area contributed by atoms with Gasteiger partial charge in [0.1, 0.15) is 7.85 Å². The van der Waals surface area contributed by atoms with Gasteiger partial charge in [-0.1, -0.05) is 47.9 Å². The summed E-state index contributed by atoms with van der Waals surface area (Å²) in [6.07, 6.45) is 3.76. The van der Waals surface area contributed by atoms with Crippen molar-refractivity contribution in [3.8, 4) is 0 Å². The van der Waals surface area contributed by atoms with Crippen molar-refractivity contribution in [2.75, 3.05) is 0 Å². The van der Waals surface area contributed by atoms with Crippen LogP contribution in [0.15, 0.2) is 60.9 Å². The number of hydrogen-bond donors (Lipinski definition) is 0. The van der Waals surface area contributed by atoms with E-state index in [1.54, 1.807) is 0 Å². The van der Waals surface area contributed by atoms with Gasteiger partial charge in [-0.3, -0.25) is 4.98 Å². The van der Waals surface area contributed by atoms with E-state index < -0.39 is 0 Å². The van der Waals surface area contributed by atoms with Crippen molar-refractivity contribution in [2.45, 2.75) is 0 Å². The molecule has 0 aliphatic rings. The molecular weight excluding hydrogens is 229 g/mol. The summed E-state index contributed by atoms with van der Waals surface area (Å²) in [7, 11) is 5.85. The van der Waals surface area contributed by atoms with Crippen LogP contribution in [0.4, 0.5) is 0 Å². The van der Waals surface area contributed by atoms with Crippen molar-refractivity contribution in [1.29, 1.82) is 0 Å². The van der Waals surface area contributed by atoms with Crippen LogP contribution in [0.3, 0.4) is 0 Å². The van der Waals surface area contributed by atoms with E-state index in [9.17, 15) is 0 Å². The molecule has 0 N–H and O–H groups in total. The quantitative estimate of drug-likeness (QED) is 0.339. The first kappa shape index (κ1) is 10.6. The number of fused-ring (bicyclic) bond motifs is 5. The van der Waals surface area contributed by atoms with E-state index in [4.69, 9.17) is 7.85 Å². The summed E-state index contributed by atoms with van der Waals surface area (Å²) in [5.74, 6) is 0. The van der Waals surface area contributed by atoms with Crippen LogP contribution >= 0.6 is 0 Å². The molecule has 0 spiro atoms. The van der Waals surface area contributed by atoms with Gasteiger partial charge in [0.05, 0.1) is 0 Å². The first-order valence-electron chi connectivity index (χ1n) is 6.28. The number of hydrogen-bond acceptors (Lipinski definition) is 1. The van der Waals surface area contributed by atoms with Gasteiger partial charge in [0.25, 0.3) is 0 Å². The molecule has 0 aliphatic carbocycles. The zero-order valence-corrected chi connectivity index (χ0v) is 10.3. The standard InChI is InChI=1S/C17H10BN/c18-13-3-6-14-12(9-13)2-5-16-15(14)4-1-11-7-8-19-10-17(11)16/h1-10H. The second-order valence-corrected chi connectivity index (χ2v) is 4.80. The average molecular weight is 239 g/mol. The monoisotopic (exact) mass is 239 g/mol. The Morgan fingerprint density at radius 1 is 0.684 bits per heavy atom. The number of benzene rings is 3. The van der Waals surface area contributed by atoms with Gasteiger partial charge in [-0.15, -0.1) is 0 Å². The Kier molecular flexibility index (Phi) is 2.13. The van der Waals surface area contributed by atoms with Gasteiger partial charge in [0, 0.05) is 17.8 Å². The predicted molar refractivity (Wildman–Crippen MR) is 82.1 cm³/mol. The largest absolute Gasteiger partial charge is 0.264 e. The average Bonchev–Trinajstić information content (AvgIpc) is 2.46. The lowest BCUT2D eigenvalue weighted by Gasteiger charge is -2.07. The van der Waals surface area contributed by atoms with Crippen molar-refractivity contribution < 1.29 is 0 Å². The summed E-state index contributed by atoms with van der Waals surface area (Å²) in [5, 5.41) is 7.31. The van der Waals surface area contributed by atoms with Gasteiger partial charge in [-0.2, -0.15) is 0 Å². The molecule has 0 amide bonds. The molecular formula is C17H10BN. The van der Waals surface area contributed by atoms with Crippen LogP contribution in [0.2, 0.25) is 0 Å². The highest BCUT2D eigenvalue weighted by Gasteiger charge is 2.04. The van der Waals surface area contributed by atoms with E-state index in [2.05, 4.69) is 35.3 Å². The molecule has 0 atom stereocenters. The third kappa shape index (κ3) is 1.53. The molecule has 0 unspecified atom stereocenters. The zero-order chi connectivity index (χ0) is 12.8. The Hall–Kier alpha value is -2.35. The number of aromatic nitrogens is 1. The van der Waals surface area contributed by atoms with Crippen LogP contribution in [0.1, 0.15) is 0 Å². The second kappa shape index (κ2) is 3.82. The summed E-state index contributed by atoms with van der Waals surface area (Å²) < 4.78 is 0. The lowest BCUT2D eigenvalue weighted by molar-refractivity contribution is 1.37. The van der Waals surface area contributed by atoms with Crippen LogP contribution in [-0.4, -0.2) is 12.8 Å². The fraction of sp³-hybridized carbons (Fsp3) is 0. The molecule has 19 heavy (non-hydrogen) atoms. The van der Waals surface area contributed by atoms with E-state index in [1.165, 1.54) is 32.3 Å². The first-order chi connectivity index (χ1) is 9.33. The molecule has 4 rings (SSSR count). The lowest BCUT2D eigenvalue weighted by Crippen LogP contribution is -1.99. The highest BCUT2D eigenvalue weighted by molar-refractivity contribution is 6.33. The SMILES string of the molecule is [B]c1ccc2c(ccc3c4cnccc4ccc23)c1. The third-order valence-electron chi connectivity index (χ3n) is 3.66. The number of nitrogens with zero attached hydrogens (tertiary/aromatic N) is 1. The fourth-order valence-electron chi connectivity index (χ4n) is 2.74. The fourth-order valence-corrected chi connectivity index (χ4v) is 2.74. The molecule has 3 aromatic carbocycles. The topological polar surface area (TPSA) is 12.9 Å².